The summed E-state index contributed by atoms with van der Waals surface area (Å²) in [4.78, 5) is 16.4. The number of carbonyl (C=O) groups is 1. The third kappa shape index (κ3) is 6.36. The monoisotopic (exact) mass is 337 g/mol. The number of benzene rings is 1. The zero-order valence-corrected chi connectivity index (χ0v) is 15.0. The van der Waals surface area contributed by atoms with Crippen LogP contribution in [0.4, 0.5) is 5.69 Å². The second-order valence-corrected chi connectivity index (χ2v) is 5.23. The molecule has 2 rings (SSSR count). The van der Waals surface area contributed by atoms with Crippen LogP contribution in [0.25, 0.3) is 12.2 Å². The van der Waals surface area contributed by atoms with E-state index in [0.717, 1.165) is 17.7 Å². The maximum Gasteiger partial charge on any atom is 0.241 e. The lowest BCUT2D eigenvalue weighted by Crippen LogP contribution is -2.36. The second kappa shape index (κ2) is 10.9. The molecular formula is C21H27N3O. The highest BCUT2D eigenvalue weighted by molar-refractivity contribution is 5.94. The first-order valence-corrected chi connectivity index (χ1v) is 8.49. The van der Waals surface area contributed by atoms with E-state index in [1.165, 1.54) is 5.56 Å². The normalized spacial score (nSPS) is 10.8. The maximum absolute atomic E-state index is 12.2. The number of aryl methyl sites for hydroxylation is 1. The van der Waals surface area contributed by atoms with Crippen molar-refractivity contribution in [3.63, 3.8) is 0 Å². The van der Waals surface area contributed by atoms with Gasteiger partial charge in [0.25, 0.3) is 0 Å². The van der Waals surface area contributed by atoms with Gasteiger partial charge in [0.15, 0.2) is 0 Å². The quantitative estimate of drug-likeness (QED) is 0.792. The van der Waals surface area contributed by atoms with Crippen molar-refractivity contribution in [3.05, 3.63) is 72.6 Å². The van der Waals surface area contributed by atoms with E-state index in [-0.39, 0.29) is 5.91 Å². The van der Waals surface area contributed by atoms with Crippen molar-refractivity contribution < 1.29 is 4.79 Å². The molecule has 0 aliphatic carbocycles. The summed E-state index contributed by atoms with van der Waals surface area (Å²) in [5.41, 5.74) is 9.28. The molecule has 1 atom stereocenters. The van der Waals surface area contributed by atoms with E-state index in [0.29, 0.717) is 12.1 Å². The Morgan fingerprint density at radius 2 is 1.92 bits per heavy atom. The van der Waals surface area contributed by atoms with Crippen LogP contribution in [0, 0.1) is 0 Å². The molecule has 0 bridgehead atoms. The van der Waals surface area contributed by atoms with Gasteiger partial charge in [-0.25, -0.2) is 0 Å². The Hall–Kier alpha value is -2.72. The fraction of sp³-hybridized carbons (Fsp3) is 0.238. The third-order valence-corrected chi connectivity index (χ3v) is 3.55. The predicted octanol–water partition coefficient (Wildman–Crippen LogP) is 4.29. The molecule has 25 heavy (non-hydrogen) atoms. The van der Waals surface area contributed by atoms with E-state index in [2.05, 4.69) is 23.5 Å². The van der Waals surface area contributed by atoms with E-state index < -0.39 is 6.04 Å². The smallest absolute Gasteiger partial charge is 0.241 e. The Morgan fingerprint density at radius 1 is 1.24 bits per heavy atom. The molecule has 4 nitrogen and oxygen atoms in total. The van der Waals surface area contributed by atoms with Crippen LogP contribution < -0.4 is 11.1 Å². The van der Waals surface area contributed by atoms with Gasteiger partial charge in [-0.3, -0.25) is 9.78 Å². The molecule has 0 spiro atoms. The number of carbonyl (C=O) groups excluding carboxylic acids is 1. The minimum Gasteiger partial charge on any atom is -0.323 e. The minimum absolute atomic E-state index is 0.218. The summed E-state index contributed by atoms with van der Waals surface area (Å²) < 4.78 is 0. The molecule has 132 valence electrons. The van der Waals surface area contributed by atoms with Gasteiger partial charge in [0.2, 0.25) is 5.91 Å². The van der Waals surface area contributed by atoms with Gasteiger partial charge in [-0.2, -0.15) is 0 Å². The van der Waals surface area contributed by atoms with Gasteiger partial charge in [-0.1, -0.05) is 63.4 Å². The maximum atomic E-state index is 12.2. The summed E-state index contributed by atoms with van der Waals surface area (Å²) in [6.07, 6.45) is 6.26. The van der Waals surface area contributed by atoms with Crippen LogP contribution in [0.15, 0.2) is 55.8 Å². The van der Waals surface area contributed by atoms with Crippen molar-refractivity contribution in [1.29, 1.82) is 0 Å². The number of nitrogens with one attached hydrogen (secondary N) is 1. The number of nitrogens with zero attached hydrogens (tertiary/aromatic N) is 1. The Morgan fingerprint density at radius 3 is 2.52 bits per heavy atom. The number of nitrogens with two attached hydrogens (primary N) is 1. The summed E-state index contributed by atoms with van der Waals surface area (Å²) >= 11 is 0. The van der Waals surface area contributed by atoms with Crippen LogP contribution in [0.1, 0.15) is 37.1 Å². The van der Waals surface area contributed by atoms with Crippen LogP contribution in [0.2, 0.25) is 0 Å². The molecule has 0 fully saturated rings. The number of aromatic nitrogens is 1. The molecule has 3 N–H and O–H groups in total. The van der Waals surface area contributed by atoms with Gasteiger partial charge < -0.3 is 11.1 Å². The van der Waals surface area contributed by atoms with Crippen molar-refractivity contribution in [2.75, 3.05) is 5.32 Å². The van der Waals surface area contributed by atoms with Crippen molar-refractivity contribution >= 4 is 23.7 Å². The number of hydrogen-bond acceptors (Lipinski definition) is 3. The van der Waals surface area contributed by atoms with Gasteiger partial charge in [0.1, 0.15) is 0 Å². The Bertz CT molecular complexity index is 696. The van der Waals surface area contributed by atoms with Crippen LogP contribution in [-0.4, -0.2) is 16.9 Å². The summed E-state index contributed by atoms with van der Waals surface area (Å²) in [7, 11) is 0. The van der Waals surface area contributed by atoms with Crippen molar-refractivity contribution in [1.82, 2.24) is 4.98 Å². The topological polar surface area (TPSA) is 68.0 Å². The molecule has 0 unspecified atom stereocenters. The van der Waals surface area contributed by atoms with Crippen LogP contribution in [0.5, 0.6) is 0 Å². The number of pyridine rings is 1. The minimum atomic E-state index is -0.568. The SMILES string of the molecule is C=Cc1cc(NC(=O)[C@@H](N)CCc2ccccc2)cnc1C=C.CC. The first-order chi connectivity index (χ1) is 12.1. The molecule has 1 aromatic carbocycles. The molecule has 2 aromatic rings. The molecule has 1 heterocycles. The molecule has 1 aromatic heterocycles. The molecule has 0 saturated heterocycles. The summed E-state index contributed by atoms with van der Waals surface area (Å²) in [6, 6.07) is 11.2. The van der Waals surface area contributed by atoms with E-state index in [1.54, 1.807) is 24.4 Å². The Balaban J connectivity index is 0.00000151. The van der Waals surface area contributed by atoms with E-state index in [1.807, 2.05) is 44.2 Å². The Labute approximate surface area is 150 Å². The van der Waals surface area contributed by atoms with Gasteiger partial charge >= 0.3 is 0 Å². The van der Waals surface area contributed by atoms with Crippen LogP contribution >= 0.6 is 0 Å². The molecule has 0 radical (unpaired) electrons. The lowest BCUT2D eigenvalue weighted by molar-refractivity contribution is -0.117. The number of hydrogen-bond donors (Lipinski definition) is 2. The average Bonchev–Trinajstić information content (AvgIpc) is 2.68. The lowest BCUT2D eigenvalue weighted by Gasteiger charge is -2.13. The lowest BCUT2D eigenvalue weighted by atomic mass is 10.1. The first-order valence-electron chi connectivity index (χ1n) is 8.49. The molecular weight excluding hydrogens is 310 g/mol. The zero-order chi connectivity index (χ0) is 18.7. The van der Waals surface area contributed by atoms with Crippen molar-refractivity contribution in [2.45, 2.75) is 32.7 Å². The van der Waals surface area contributed by atoms with E-state index in [4.69, 9.17) is 5.73 Å². The molecule has 1 amide bonds. The fourth-order valence-electron chi connectivity index (χ4n) is 2.23. The van der Waals surface area contributed by atoms with Crippen molar-refractivity contribution in [3.8, 4) is 0 Å². The highest BCUT2D eigenvalue weighted by Crippen LogP contribution is 2.15. The average molecular weight is 337 g/mol. The van der Waals surface area contributed by atoms with Gasteiger partial charge in [-0.05, 0) is 30.5 Å². The zero-order valence-electron chi connectivity index (χ0n) is 15.0. The van der Waals surface area contributed by atoms with Gasteiger partial charge in [-0.15, -0.1) is 0 Å². The number of rotatable bonds is 7. The molecule has 4 heteroatoms. The largest absolute Gasteiger partial charge is 0.323 e. The van der Waals surface area contributed by atoms with Gasteiger partial charge in [0.05, 0.1) is 23.6 Å². The van der Waals surface area contributed by atoms with Crippen LogP contribution in [0.3, 0.4) is 0 Å². The van der Waals surface area contributed by atoms with Crippen molar-refractivity contribution in [2.24, 2.45) is 5.73 Å². The molecule has 0 aliphatic rings. The fourth-order valence-corrected chi connectivity index (χ4v) is 2.23. The highest BCUT2D eigenvalue weighted by Gasteiger charge is 2.14. The summed E-state index contributed by atoms with van der Waals surface area (Å²) in [6.45, 7) is 11.4. The molecule has 0 aliphatic heterocycles. The molecule has 0 saturated carbocycles. The third-order valence-electron chi connectivity index (χ3n) is 3.55. The highest BCUT2D eigenvalue weighted by atomic mass is 16.2. The van der Waals surface area contributed by atoms with E-state index in [9.17, 15) is 4.79 Å². The summed E-state index contributed by atoms with van der Waals surface area (Å²) in [5, 5.41) is 2.80. The standard InChI is InChI=1S/C19H21N3O.C2H6/c1-3-15-12-16(13-21-18(15)4-2)22-19(23)17(20)11-10-14-8-6-5-7-9-14;1-2/h3-9,12-13,17H,1-2,10-11,20H2,(H,22,23);1-2H3/t17-;/m0./s1. The first kappa shape index (κ1) is 20.3. The number of anilines is 1. The van der Waals surface area contributed by atoms with Gasteiger partial charge in [0, 0.05) is 5.56 Å². The van der Waals surface area contributed by atoms with E-state index >= 15 is 0 Å². The Kier molecular flexibility index (Phi) is 8.90. The predicted molar refractivity (Wildman–Crippen MR) is 107 cm³/mol. The second-order valence-electron chi connectivity index (χ2n) is 5.23. The summed E-state index contributed by atoms with van der Waals surface area (Å²) in [5.74, 6) is -0.218. The number of amides is 1. The van der Waals surface area contributed by atoms with Crippen LogP contribution in [-0.2, 0) is 11.2 Å².